The van der Waals surface area contributed by atoms with Crippen LogP contribution in [0.3, 0.4) is 0 Å². The molecule has 1 heterocycles. The van der Waals surface area contributed by atoms with E-state index in [4.69, 9.17) is 0 Å². The Kier molecular flexibility index (Phi) is 3.33. The lowest BCUT2D eigenvalue weighted by Gasteiger charge is -2.07. The Labute approximate surface area is 108 Å². The minimum absolute atomic E-state index is 0.858. The molecule has 1 aromatic heterocycles. The third-order valence-corrected chi connectivity index (χ3v) is 3.00. The summed E-state index contributed by atoms with van der Waals surface area (Å²) in [7, 11) is 0. The van der Waals surface area contributed by atoms with Crippen LogP contribution in [0.25, 0.3) is 28.8 Å². The van der Waals surface area contributed by atoms with Gasteiger partial charge in [0.05, 0.1) is 11.2 Å². The molecule has 0 fully saturated rings. The Hall–Kier alpha value is -2.28. The summed E-state index contributed by atoms with van der Waals surface area (Å²) in [6.07, 6.45) is 7.77. The van der Waals surface area contributed by atoms with Crippen LogP contribution >= 0.6 is 0 Å². The summed E-state index contributed by atoms with van der Waals surface area (Å²) in [6, 6.07) is 8.28. The SMILES string of the molecule is C=CC(=C)n1c(C=C)c(/C=C\C)c2ccccc21. The molecule has 18 heavy (non-hydrogen) atoms. The molecular formula is C17H17N. The van der Waals surface area contributed by atoms with Crippen LogP contribution in [-0.4, -0.2) is 4.57 Å². The van der Waals surface area contributed by atoms with Gasteiger partial charge in [-0.3, -0.25) is 0 Å². The molecule has 0 aliphatic rings. The normalized spacial score (nSPS) is 10.9. The number of allylic oxidation sites excluding steroid dienone is 3. The second-order valence-corrected chi connectivity index (χ2v) is 4.05. The number of fused-ring (bicyclic) bond motifs is 1. The molecule has 1 heteroatoms. The summed E-state index contributed by atoms with van der Waals surface area (Å²) in [5.74, 6) is 0. The highest BCUT2D eigenvalue weighted by Crippen LogP contribution is 2.30. The largest absolute Gasteiger partial charge is 0.310 e. The molecule has 0 N–H and O–H groups in total. The van der Waals surface area contributed by atoms with Crippen LogP contribution in [0.4, 0.5) is 0 Å². The Bertz CT molecular complexity index is 654. The van der Waals surface area contributed by atoms with Crippen molar-refractivity contribution in [3.8, 4) is 0 Å². The van der Waals surface area contributed by atoms with E-state index in [-0.39, 0.29) is 0 Å². The Morgan fingerprint density at radius 3 is 2.56 bits per heavy atom. The van der Waals surface area contributed by atoms with Gasteiger partial charge in [-0.15, -0.1) is 0 Å². The summed E-state index contributed by atoms with van der Waals surface area (Å²) in [6.45, 7) is 13.8. The smallest absolute Gasteiger partial charge is 0.0540 e. The Balaban J connectivity index is 2.95. The minimum atomic E-state index is 0.858. The lowest BCUT2D eigenvalue weighted by Crippen LogP contribution is -1.95. The van der Waals surface area contributed by atoms with E-state index in [1.165, 1.54) is 10.9 Å². The van der Waals surface area contributed by atoms with Crippen molar-refractivity contribution in [2.24, 2.45) is 0 Å². The quantitative estimate of drug-likeness (QED) is 0.659. The topological polar surface area (TPSA) is 4.93 Å². The van der Waals surface area contributed by atoms with Crippen LogP contribution < -0.4 is 0 Å². The average molecular weight is 235 g/mol. The predicted molar refractivity (Wildman–Crippen MR) is 82.3 cm³/mol. The number of aromatic nitrogens is 1. The van der Waals surface area contributed by atoms with Crippen LogP contribution in [-0.2, 0) is 0 Å². The zero-order valence-electron chi connectivity index (χ0n) is 10.7. The second kappa shape index (κ2) is 4.92. The van der Waals surface area contributed by atoms with Gasteiger partial charge in [0.2, 0.25) is 0 Å². The molecule has 0 unspecified atom stereocenters. The van der Waals surface area contributed by atoms with E-state index >= 15 is 0 Å². The highest BCUT2D eigenvalue weighted by molar-refractivity contribution is 5.96. The number of para-hydroxylation sites is 1. The molecule has 90 valence electrons. The average Bonchev–Trinajstić information content (AvgIpc) is 2.72. The maximum atomic E-state index is 4.05. The van der Waals surface area contributed by atoms with Crippen molar-refractivity contribution in [2.45, 2.75) is 6.92 Å². The van der Waals surface area contributed by atoms with Crippen LogP contribution in [0.5, 0.6) is 0 Å². The van der Waals surface area contributed by atoms with Gasteiger partial charge in [-0.25, -0.2) is 0 Å². The van der Waals surface area contributed by atoms with Crippen molar-refractivity contribution in [1.29, 1.82) is 0 Å². The highest BCUT2D eigenvalue weighted by Gasteiger charge is 2.13. The lowest BCUT2D eigenvalue weighted by atomic mass is 10.1. The van der Waals surface area contributed by atoms with Crippen molar-refractivity contribution < 1.29 is 0 Å². The van der Waals surface area contributed by atoms with Gasteiger partial charge >= 0.3 is 0 Å². The van der Waals surface area contributed by atoms with Gasteiger partial charge in [0.25, 0.3) is 0 Å². The van der Waals surface area contributed by atoms with Gasteiger partial charge in [0.15, 0.2) is 0 Å². The molecule has 2 aromatic rings. The minimum Gasteiger partial charge on any atom is -0.310 e. The zero-order chi connectivity index (χ0) is 13.1. The number of hydrogen-bond donors (Lipinski definition) is 0. The van der Waals surface area contributed by atoms with Crippen LogP contribution in [0.2, 0.25) is 0 Å². The second-order valence-electron chi connectivity index (χ2n) is 4.05. The van der Waals surface area contributed by atoms with Crippen LogP contribution in [0.15, 0.2) is 56.2 Å². The molecule has 1 nitrogen and oxygen atoms in total. The lowest BCUT2D eigenvalue weighted by molar-refractivity contribution is 1.16. The summed E-state index contributed by atoms with van der Waals surface area (Å²) in [4.78, 5) is 0. The fraction of sp³-hybridized carbons (Fsp3) is 0.0588. The standard InChI is InChI=1S/C17H17N/c1-5-10-14-15-11-8-9-12-17(15)18(13(4)6-2)16(14)7-3/h5-12H,2-4H2,1H3/b10-5-. The van der Waals surface area contributed by atoms with Gasteiger partial charge in [0, 0.05) is 16.6 Å². The molecule has 0 bridgehead atoms. The van der Waals surface area contributed by atoms with Crippen molar-refractivity contribution >= 4 is 28.8 Å². The molecule has 0 amide bonds. The first kappa shape index (κ1) is 12.2. The molecule has 0 spiro atoms. The third-order valence-electron chi connectivity index (χ3n) is 3.00. The molecule has 0 radical (unpaired) electrons. The molecule has 2 rings (SSSR count). The molecule has 1 aromatic carbocycles. The van der Waals surface area contributed by atoms with Crippen molar-refractivity contribution in [1.82, 2.24) is 4.57 Å². The van der Waals surface area contributed by atoms with E-state index in [1.54, 1.807) is 6.08 Å². The molecule has 0 saturated heterocycles. The summed E-state index contributed by atoms with van der Waals surface area (Å²) >= 11 is 0. The summed E-state index contributed by atoms with van der Waals surface area (Å²) in [5, 5.41) is 1.20. The van der Waals surface area contributed by atoms with E-state index in [9.17, 15) is 0 Å². The van der Waals surface area contributed by atoms with Gasteiger partial charge in [0.1, 0.15) is 0 Å². The zero-order valence-corrected chi connectivity index (χ0v) is 10.7. The fourth-order valence-corrected chi connectivity index (χ4v) is 2.23. The first-order valence-electron chi connectivity index (χ1n) is 5.94. The fourth-order valence-electron chi connectivity index (χ4n) is 2.23. The van der Waals surface area contributed by atoms with Crippen molar-refractivity contribution in [2.75, 3.05) is 0 Å². The highest BCUT2D eigenvalue weighted by atomic mass is 15.0. The molecule has 0 saturated carbocycles. The number of hydrogen-bond acceptors (Lipinski definition) is 0. The number of benzene rings is 1. The first-order chi connectivity index (χ1) is 8.74. The van der Waals surface area contributed by atoms with Crippen molar-refractivity contribution in [3.05, 3.63) is 67.4 Å². The van der Waals surface area contributed by atoms with Gasteiger partial charge < -0.3 is 4.57 Å². The van der Waals surface area contributed by atoms with Gasteiger partial charge in [-0.1, -0.05) is 50.1 Å². The monoisotopic (exact) mass is 235 g/mol. The first-order valence-corrected chi connectivity index (χ1v) is 5.94. The van der Waals surface area contributed by atoms with Gasteiger partial charge in [-0.05, 0) is 25.1 Å². The number of nitrogens with zero attached hydrogens (tertiary/aromatic N) is 1. The summed E-state index contributed by atoms with van der Waals surface area (Å²) in [5.41, 5.74) is 4.22. The summed E-state index contributed by atoms with van der Waals surface area (Å²) < 4.78 is 2.09. The molecule has 0 aliphatic carbocycles. The maximum Gasteiger partial charge on any atom is 0.0540 e. The van der Waals surface area contributed by atoms with E-state index < -0.39 is 0 Å². The van der Waals surface area contributed by atoms with Gasteiger partial charge in [-0.2, -0.15) is 0 Å². The molecule has 0 aliphatic heterocycles. The maximum absolute atomic E-state index is 4.05. The van der Waals surface area contributed by atoms with Crippen LogP contribution in [0, 0.1) is 0 Å². The molecular weight excluding hydrogens is 218 g/mol. The number of rotatable bonds is 4. The van der Waals surface area contributed by atoms with E-state index in [1.807, 2.05) is 31.2 Å². The van der Waals surface area contributed by atoms with Crippen LogP contribution in [0.1, 0.15) is 18.2 Å². The predicted octanol–water partition coefficient (Wildman–Crippen LogP) is 4.97. The van der Waals surface area contributed by atoms with E-state index in [0.29, 0.717) is 0 Å². The van der Waals surface area contributed by atoms with Crippen molar-refractivity contribution in [3.63, 3.8) is 0 Å². The Morgan fingerprint density at radius 1 is 1.22 bits per heavy atom. The van der Waals surface area contributed by atoms with E-state index in [0.717, 1.165) is 16.9 Å². The Morgan fingerprint density at radius 2 is 1.94 bits per heavy atom. The third kappa shape index (κ3) is 1.74. The molecule has 0 atom stereocenters. The van der Waals surface area contributed by atoms with E-state index in [2.05, 4.69) is 42.5 Å².